The molecule has 0 aliphatic rings. The van der Waals surface area contributed by atoms with Crippen LogP contribution in [0.1, 0.15) is 44.3 Å². The van der Waals surface area contributed by atoms with Gasteiger partial charge in [-0.05, 0) is 19.3 Å². The van der Waals surface area contributed by atoms with Gasteiger partial charge >= 0.3 is 0 Å². The quantitative estimate of drug-likeness (QED) is 0.884. The summed E-state index contributed by atoms with van der Waals surface area (Å²) >= 11 is 1.71. The smallest absolute Gasteiger partial charge is 0.185 e. The maximum Gasteiger partial charge on any atom is 0.185 e. The van der Waals surface area contributed by atoms with Crippen LogP contribution in [-0.4, -0.2) is 18.6 Å². The van der Waals surface area contributed by atoms with E-state index >= 15 is 0 Å². The summed E-state index contributed by atoms with van der Waals surface area (Å²) in [5.41, 5.74) is 7.25. The Morgan fingerprint density at radius 2 is 2.00 bits per heavy atom. The van der Waals surface area contributed by atoms with Gasteiger partial charge in [0.15, 0.2) is 5.13 Å². The van der Waals surface area contributed by atoms with Crippen molar-refractivity contribution < 1.29 is 0 Å². The van der Waals surface area contributed by atoms with Crippen LogP contribution >= 0.6 is 11.3 Å². The first-order chi connectivity index (χ1) is 7.20. The van der Waals surface area contributed by atoms with Crippen molar-refractivity contribution in [3.63, 3.8) is 0 Å². The third-order valence-corrected chi connectivity index (χ3v) is 3.75. The number of anilines is 1. The average Bonchev–Trinajstić information content (AvgIpc) is 2.44. The van der Waals surface area contributed by atoms with E-state index in [0.29, 0.717) is 0 Å². The molecule has 16 heavy (non-hydrogen) atoms. The predicted molar refractivity (Wildman–Crippen MR) is 72.2 cm³/mol. The zero-order valence-electron chi connectivity index (χ0n) is 11.2. The van der Waals surface area contributed by atoms with Gasteiger partial charge in [-0.25, -0.2) is 4.98 Å². The van der Waals surface area contributed by atoms with Crippen LogP contribution in [0.3, 0.4) is 0 Å². The molecule has 92 valence electrons. The van der Waals surface area contributed by atoms with Crippen LogP contribution in [0, 0.1) is 12.3 Å². The van der Waals surface area contributed by atoms with Crippen LogP contribution in [0.5, 0.6) is 0 Å². The molecule has 0 aliphatic heterocycles. The largest absolute Gasteiger partial charge is 0.351 e. The van der Waals surface area contributed by atoms with E-state index in [1.165, 1.54) is 4.88 Å². The van der Waals surface area contributed by atoms with E-state index in [1.54, 1.807) is 11.3 Å². The minimum Gasteiger partial charge on any atom is -0.351 e. The van der Waals surface area contributed by atoms with Crippen molar-refractivity contribution in [3.05, 3.63) is 10.6 Å². The Kier molecular flexibility index (Phi) is 3.97. The van der Waals surface area contributed by atoms with Gasteiger partial charge in [-0.15, -0.1) is 11.3 Å². The molecule has 0 saturated heterocycles. The highest BCUT2D eigenvalue weighted by Gasteiger charge is 2.18. The molecule has 1 aromatic rings. The van der Waals surface area contributed by atoms with E-state index in [2.05, 4.69) is 37.7 Å². The Morgan fingerprint density at radius 1 is 1.44 bits per heavy atom. The van der Waals surface area contributed by atoms with Gasteiger partial charge in [0.1, 0.15) is 0 Å². The van der Waals surface area contributed by atoms with Crippen molar-refractivity contribution in [1.82, 2.24) is 4.98 Å². The minimum absolute atomic E-state index is 0.0780. The molecule has 2 N–H and O–H groups in total. The molecule has 0 bridgehead atoms. The summed E-state index contributed by atoms with van der Waals surface area (Å²) in [6, 6.07) is 0.0780. The van der Waals surface area contributed by atoms with E-state index < -0.39 is 0 Å². The maximum absolute atomic E-state index is 5.91. The molecule has 0 aliphatic carbocycles. The van der Waals surface area contributed by atoms with Crippen molar-refractivity contribution in [3.8, 4) is 0 Å². The molecule has 0 spiro atoms. The Bertz CT molecular complexity index is 350. The summed E-state index contributed by atoms with van der Waals surface area (Å²) in [4.78, 5) is 7.98. The van der Waals surface area contributed by atoms with Crippen LogP contribution in [0.25, 0.3) is 0 Å². The highest BCUT2D eigenvalue weighted by atomic mass is 32.1. The van der Waals surface area contributed by atoms with Gasteiger partial charge in [-0.2, -0.15) is 0 Å². The molecule has 3 nitrogen and oxygen atoms in total. The molecule has 0 fully saturated rings. The second-order valence-electron chi connectivity index (χ2n) is 5.65. The van der Waals surface area contributed by atoms with E-state index in [4.69, 9.17) is 5.73 Å². The molecule has 1 rings (SSSR count). The molecule has 1 unspecified atom stereocenters. The Labute approximate surface area is 103 Å². The van der Waals surface area contributed by atoms with Crippen LogP contribution in [-0.2, 0) is 0 Å². The lowest BCUT2D eigenvalue weighted by Gasteiger charge is -2.26. The number of nitrogens with zero attached hydrogens (tertiary/aromatic N) is 2. The number of aromatic nitrogens is 1. The zero-order valence-corrected chi connectivity index (χ0v) is 12.0. The summed E-state index contributed by atoms with van der Waals surface area (Å²) in [7, 11) is 2.09. The van der Waals surface area contributed by atoms with Gasteiger partial charge in [-0.3, -0.25) is 0 Å². The second kappa shape index (κ2) is 4.72. The van der Waals surface area contributed by atoms with Gasteiger partial charge < -0.3 is 10.6 Å². The lowest BCUT2D eigenvalue weighted by Crippen LogP contribution is -2.28. The highest BCUT2D eigenvalue weighted by molar-refractivity contribution is 7.15. The SMILES string of the molecule is Cc1nc(N(C)CC(C)(C)C)sc1C(C)N. The molecule has 1 aromatic heterocycles. The summed E-state index contributed by atoms with van der Waals surface area (Å²) < 4.78 is 0. The average molecular weight is 241 g/mol. The summed E-state index contributed by atoms with van der Waals surface area (Å²) in [6.45, 7) is 11.7. The van der Waals surface area contributed by atoms with Crippen LogP contribution in [0.2, 0.25) is 0 Å². The molecule has 0 aromatic carbocycles. The number of nitrogens with two attached hydrogens (primary N) is 1. The van der Waals surface area contributed by atoms with Gasteiger partial charge in [0.05, 0.1) is 5.69 Å². The molecule has 0 radical (unpaired) electrons. The van der Waals surface area contributed by atoms with E-state index in [0.717, 1.165) is 17.4 Å². The lowest BCUT2D eigenvalue weighted by atomic mass is 9.96. The zero-order chi connectivity index (χ0) is 12.5. The number of thiazole rings is 1. The molecule has 1 heterocycles. The molecule has 0 saturated carbocycles. The van der Waals surface area contributed by atoms with Gasteiger partial charge in [0.25, 0.3) is 0 Å². The van der Waals surface area contributed by atoms with Crippen LogP contribution in [0.15, 0.2) is 0 Å². The first-order valence-corrected chi connectivity index (χ1v) is 6.46. The summed E-state index contributed by atoms with van der Waals surface area (Å²) in [5.74, 6) is 0. The summed E-state index contributed by atoms with van der Waals surface area (Å²) in [6.07, 6.45) is 0. The first kappa shape index (κ1) is 13.5. The second-order valence-corrected chi connectivity index (χ2v) is 6.66. The Hall–Kier alpha value is -0.610. The fraction of sp³-hybridized carbons (Fsp3) is 0.750. The lowest BCUT2D eigenvalue weighted by molar-refractivity contribution is 0.418. The normalized spacial score (nSPS) is 13.9. The van der Waals surface area contributed by atoms with Crippen molar-refractivity contribution in [2.45, 2.75) is 40.7 Å². The minimum atomic E-state index is 0.0780. The van der Waals surface area contributed by atoms with Crippen LogP contribution in [0.4, 0.5) is 5.13 Å². The molecule has 1 atom stereocenters. The van der Waals surface area contributed by atoms with Crippen LogP contribution < -0.4 is 10.6 Å². The standard InChI is InChI=1S/C12H23N3S/c1-8(13)10-9(2)14-11(16-10)15(6)7-12(3,4)5/h8H,7,13H2,1-6H3. The maximum atomic E-state index is 5.91. The van der Waals surface area contributed by atoms with Crippen molar-refractivity contribution in [2.24, 2.45) is 11.1 Å². The number of hydrogen-bond acceptors (Lipinski definition) is 4. The number of rotatable bonds is 3. The van der Waals surface area contributed by atoms with E-state index in [1.807, 2.05) is 13.8 Å². The first-order valence-electron chi connectivity index (χ1n) is 5.65. The predicted octanol–water partition coefficient (Wildman–Crippen LogP) is 2.95. The molecule has 4 heteroatoms. The Morgan fingerprint density at radius 3 is 2.38 bits per heavy atom. The number of hydrogen-bond donors (Lipinski definition) is 1. The molecular formula is C12H23N3S. The van der Waals surface area contributed by atoms with Gasteiger partial charge in [0, 0.05) is 24.5 Å². The molecular weight excluding hydrogens is 218 g/mol. The number of aryl methyl sites for hydroxylation is 1. The molecule has 0 amide bonds. The fourth-order valence-corrected chi connectivity index (χ4v) is 2.74. The highest BCUT2D eigenvalue weighted by Crippen LogP contribution is 2.30. The van der Waals surface area contributed by atoms with Gasteiger partial charge in [0.2, 0.25) is 0 Å². The van der Waals surface area contributed by atoms with E-state index in [9.17, 15) is 0 Å². The monoisotopic (exact) mass is 241 g/mol. The van der Waals surface area contributed by atoms with E-state index in [-0.39, 0.29) is 11.5 Å². The van der Waals surface area contributed by atoms with Crippen molar-refractivity contribution in [2.75, 3.05) is 18.5 Å². The third kappa shape index (κ3) is 3.46. The van der Waals surface area contributed by atoms with Crippen molar-refractivity contribution in [1.29, 1.82) is 0 Å². The van der Waals surface area contributed by atoms with Crippen molar-refractivity contribution >= 4 is 16.5 Å². The Balaban J connectivity index is 2.85. The van der Waals surface area contributed by atoms with Gasteiger partial charge in [-0.1, -0.05) is 20.8 Å². The fourth-order valence-electron chi connectivity index (χ4n) is 1.76. The summed E-state index contributed by atoms with van der Waals surface area (Å²) in [5, 5.41) is 1.07. The topological polar surface area (TPSA) is 42.2 Å². The third-order valence-electron chi connectivity index (χ3n) is 2.27.